The van der Waals surface area contributed by atoms with Crippen LogP contribution in [0.5, 0.6) is 0 Å². The summed E-state index contributed by atoms with van der Waals surface area (Å²) >= 11 is 1.28. The van der Waals surface area contributed by atoms with E-state index in [4.69, 9.17) is 0 Å². The number of amidine groups is 1. The highest BCUT2D eigenvalue weighted by molar-refractivity contribution is 8.18. The SMILES string of the molecule is O=C1NC(=NCCc2cccc(F)c2)S/C1=C/c1ccc2ncccc2n1. The van der Waals surface area contributed by atoms with Crippen molar-refractivity contribution in [3.63, 3.8) is 0 Å². The number of nitrogens with one attached hydrogen (secondary N) is 1. The number of benzene rings is 1. The minimum atomic E-state index is -0.257. The van der Waals surface area contributed by atoms with Gasteiger partial charge >= 0.3 is 0 Å². The first-order valence-electron chi connectivity index (χ1n) is 8.39. The Morgan fingerprint density at radius 3 is 2.96 bits per heavy atom. The molecular formula is C20H15FN4OS. The highest BCUT2D eigenvalue weighted by Crippen LogP contribution is 2.26. The number of aliphatic imine (C=N–C) groups is 1. The highest BCUT2D eigenvalue weighted by atomic mass is 32.2. The van der Waals surface area contributed by atoms with Gasteiger partial charge in [-0.15, -0.1) is 0 Å². The number of aromatic nitrogens is 2. The van der Waals surface area contributed by atoms with E-state index >= 15 is 0 Å². The maximum atomic E-state index is 13.2. The standard InChI is InChI=1S/C20H15FN4OS/c21-14-4-1-3-13(11-14)8-10-23-20-25-19(26)18(27-20)12-15-6-7-16-17(24-15)5-2-9-22-16/h1-7,9,11-12H,8,10H2,(H,23,25,26)/b18-12+. The predicted octanol–water partition coefficient (Wildman–Crippen LogP) is 3.57. The van der Waals surface area contributed by atoms with Gasteiger partial charge in [0.15, 0.2) is 5.17 Å². The van der Waals surface area contributed by atoms with Crippen LogP contribution in [0.1, 0.15) is 11.3 Å². The molecule has 0 bridgehead atoms. The highest BCUT2D eigenvalue weighted by Gasteiger charge is 2.23. The fourth-order valence-electron chi connectivity index (χ4n) is 2.67. The average Bonchev–Trinajstić information content (AvgIpc) is 3.01. The summed E-state index contributed by atoms with van der Waals surface area (Å²) in [6, 6.07) is 13.8. The average molecular weight is 378 g/mol. The van der Waals surface area contributed by atoms with Crippen molar-refractivity contribution in [1.29, 1.82) is 0 Å². The van der Waals surface area contributed by atoms with Crippen molar-refractivity contribution in [2.24, 2.45) is 4.99 Å². The van der Waals surface area contributed by atoms with Crippen LogP contribution in [0.2, 0.25) is 0 Å². The molecule has 1 aromatic carbocycles. The van der Waals surface area contributed by atoms with Crippen molar-refractivity contribution in [1.82, 2.24) is 15.3 Å². The first-order valence-corrected chi connectivity index (χ1v) is 9.21. The quantitative estimate of drug-likeness (QED) is 0.705. The Morgan fingerprint density at radius 2 is 2.07 bits per heavy atom. The van der Waals surface area contributed by atoms with Crippen LogP contribution in [0.4, 0.5) is 4.39 Å². The summed E-state index contributed by atoms with van der Waals surface area (Å²) in [5.41, 5.74) is 3.15. The Balaban J connectivity index is 1.45. The Kier molecular flexibility index (Phi) is 4.93. The third kappa shape index (κ3) is 4.20. The zero-order valence-corrected chi connectivity index (χ0v) is 15.0. The number of hydrogen-bond donors (Lipinski definition) is 1. The van der Waals surface area contributed by atoms with Gasteiger partial charge in [0.05, 0.1) is 21.6 Å². The molecule has 1 amide bonds. The van der Waals surface area contributed by atoms with E-state index in [0.717, 1.165) is 16.6 Å². The van der Waals surface area contributed by atoms with E-state index in [1.807, 2.05) is 30.3 Å². The zero-order valence-electron chi connectivity index (χ0n) is 14.2. The Morgan fingerprint density at radius 1 is 1.15 bits per heavy atom. The monoisotopic (exact) mass is 378 g/mol. The number of hydrogen-bond acceptors (Lipinski definition) is 5. The normalized spacial score (nSPS) is 17.0. The molecule has 0 radical (unpaired) electrons. The molecule has 1 aliphatic heterocycles. The summed E-state index contributed by atoms with van der Waals surface area (Å²) in [5, 5.41) is 3.30. The van der Waals surface area contributed by atoms with Crippen molar-refractivity contribution in [2.75, 3.05) is 6.54 Å². The molecule has 1 saturated heterocycles. The lowest BCUT2D eigenvalue weighted by Gasteiger charge is -1.99. The number of nitrogens with zero attached hydrogens (tertiary/aromatic N) is 3. The smallest absolute Gasteiger partial charge is 0.264 e. The summed E-state index contributed by atoms with van der Waals surface area (Å²) in [4.78, 5) is 25.8. The predicted molar refractivity (Wildman–Crippen MR) is 106 cm³/mol. The second-order valence-corrected chi connectivity index (χ2v) is 6.94. The van der Waals surface area contributed by atoms with Crippen molar-refractivity contribution in [3.05, 3.63) is 76.7 Å². The molecule has 134 valence electrons. The maximum absolute atomic E-state index is 13.2. The molecule has 3 heterocycles. The van der Waals surface area contributed by atoms with E-state index in [9.17, 15) is 9.18 Å². The first kappa shape index (κ1) is 17.4. The number of pyridine rings is 2. The van der Waals surface area contributed by atoms with Crippen LogP contribution >= 0.6 is 11.8 Å². The summed E-state index contributed by atoms with van der Waals surface area (Å²) in [6.45, 7) is 0.471. The number of thioether (sulfide) groups is 1. The molecule has 0 unspecified atom stereocenters. The van der Waals surface area contributed by atoms with Gasteiger partial charge in [-0.25, -0.2) is 9.37 Å². The third-order valence-electron chi connectivity index (χ3n) is 3.95. The van der Waals surface area contributed by atoms with E-state index < -0.39 is 0 Å². The number of halogens is 1. The molecule has 7 heteroatoms. The Bertz CT molecular complexity index is 1080. The van der Waals surface area contributed by atoms with Crippen LogP contribution in [0.15, 0.2) is 64.6 Å². The van der Waals surface area contributed by atoms with E-state index in [1.165, 1.54) is 23.9 Å². The van der Waals surface area contributed by atoms with Crippen LogP contribution < -0.4 is 5.32 Å². The van der Waals surface area contributed by atoms with Crippen LogP contribution in [-0.2, 0) is 11.2 Å². The van der Waals surface area contributed by atoms with Crippen molar-refractivity contribution in [3.8, 4) is 0 Å². The number of fused-ring (bicyclic) bond motifs is 1. The molecule has 0 spiro atoms. The number of amides is 1. The summed E-state index contributed by atoms with van der Waals surface area (Å²) < 4.78 is 13.2. The third-order valence-corrected chi connectivity index (χ3v) is 4.90. The summed E-state index contributed by atoms with van der Waals surface area (Å²) in [7, 11) is 0. The fourth-order valence-corrected chi connectivity index (χ4v) is 3.50. The molecule has 3 aromatic rings. The summed E-state index contributed by atoms with van der Waals surface area (Å²) in [6.07, 6.45) is 4.06. The van der Waals surface area contributed by atoms with E-state index in [1.54, 1.807) is 18.3 Å². The minimum absolute atomic E-state index is 0.197. The van der Waals surface area contributed by atoms with E-state index in [2.05, 4.69) is 20.3 Å². The largest absolute Gasteiger partial charge is 0.301 e. The lowest BCUT2D eigenvalue weighted by atomic mass is 10.1. The van der Waals surface area contributed by atoms with Crippen LogP contribution in [0.3, 0.4) is 0 Å². The van der Waals surface area contributed by atoms with Crippen LogP contribution in [0.25, 0.3) is 17.1 Å². The van der Waals surface area contributed by atoms with Gasteiger partial charge in [-0.3, -0.25) is 14.8 Å². The molecule has 1 fully saturated rings. The first-order chi connectivity index (χ1) is 13.2. The van der Waals surface area contributed by atoms with Gasteiger partial charge in [-0.05, 0) is 66.2 Å². The van der Waals surface area contributed by atoms with Crippen molar-refractivity contribution < 1.29 is 9.18 Å². The summed E-state index contributed by atoms with van der Waals surface area (Å²) in [5.74, 6) is -0.454. The molecule has 2 aromatic heterocycles. The van der Waals surface area contributed by atoms with Crippen LogP contribution in [0, 0.1) is 5.82 Å². The molecule has 0 saturated carbocycles. The Hall–Kier alpha value is -3.06. The topological polar surface area (TPSA) is 67.2 Å². The van der Waals surface area contributed by atoms with Gasteiger partial charge in [-0.1, -0.05) is 12.1 Å². The van der Waals surface area contributed by atoms with E-state index in [-0.39, 0.29) is 11.7 Å². The van der Waals surface area contributed by atoms with Gasteiger partial charge in [-0.2, -0.15) is 0 Å². The maximum Gasteiger partial charge on any atom is 0.264 e. The van der Waals surface area contributed by atoms with Gasteiger partial charge in [0.2, 0.25) is 0 Å². The van der Waals surface area contributed by atoms with Gasteiger partial charge in [0, 0.05) is 12.7 Å². The lowest BCUT2D eigenvalue weighted by Crippen LogP contribution is -2.20. The van der Waals surface area contributed by atoms with Crippen molar-refractivity contribution in [2.45, 2.75) is 6.42 Å². The fraction of sp³-hybridized carbons (Fsp3) is 0.100. The zero-order chi connectivity index (χ0) is 18.6. The minimum Gasteiger partial charge on any atom is -0.301 e. The Labute approximate surface area is 159 Å². The molecule has 27 heavy (non-hydrogen) atoms. The molecule has 5 nitrogen and oxygen atoms in total. The van der Waals surface area contributed by atoms with E-state index in [0.29, 0.717) is 28.7 Å². The molecule has 0 atom stereocenters. The molecule has 4 rings (SSSR count). The van der Waals surface area contributed by atoms with Gasteiger partial charge < -0.3 is 5.32 Å². The second kappa shape index (κ2) is 7.67. The molecule has 0 aliphatic carbocycles. The molecule has 1 aliphatic rings. The van der Waals surface area contributed by atoms with Crippen molar-refractivity contribution >= 4 is 39.9 Å². The van der Waals surface area contributed by atoms with Gasteiger partial charge in [0.1, 0.15) is 5.82 Å². The van der Waals surface area contributed by atoms with Crippen LogP contribution in [-0.4, -0.2) is 27.6 Å². The lowest BCUT2D eigenvalue weighted by molar-refractivity contribution is -0.115. The molecular weight excluding hydrogens is 363 g/mol. The number of carbonyl (C=O) groups excluding carboxylic acids is 1. The second-order valence-electron chi connectivity index (χ2n) is 5.91. The van der Waals surface area contributed by atoms with Gasteiger partial charge in [0.25, 0.3) is 5.91 Å². The number of carbonyl (C=O) groups is 1. The molecule has 1 N–H and O–H groups in total. The number of rotatable bonds is 4.